The second-order valence-corrected chi connectivity index (χ2v) is 7.89. The molecule has 0 aliphatic rings. The van der Waals surface area contributed by atoms with E-state index in [1.807, 2.05) is 18.2 Å². The van der Waals surface area contributed by atoms with Gasteiger partial charge in [0.1, 0.15) is 23.0 Å². The van der Waals surface area contributed by atoms with Crippen molar-refractivity contribution in [2.24, 2.45) is 0 Å². The molecule has 0 saturated heterocycles. The Labute approximate surface area is 201 Å². The average Bonchev–Trinajstić information content (AvgIpc) is 3.20. The lowest BCUT2D eigenvalue weighted by atomic mass is 10.0. The number of anilines is 2. The lowest BCUT2D eigenvalue weighted by Gasteiger charge is -2.12. The zero-order chi connectivity index (χ0) is 24.9. The Bertz CT molecular complexity index is 1460. The number of imidazole rings is 1. The molecule has 4 rings (SSSR count). The first-order chi connectivity index (χ1) is 16.9. The molecule has 0 fully saturated rings. The minimum atomic E-state index is -0.897. The Kier molecular flexibility index (Phi) is 6.96. The van der Waals surface area contributed by atoms with Crippen LogP contribution in [-0.4, -0.2) is 25.4 Å². The summed E-state index contributed by atoms with van der Waals surface area (Å²) in [6, 6.07) is 10.7. The van der Waals surface area contributed by atoms with Crippen LogP contribution in [0.2, 0.25) is 0 Å². The van der Waals surface area contributed by atoms with E-state index in [-0.39, 0.29) is 24.7 Å². The number of carbonyl (C=O) groups is 1. The fourth-order valence-corrected chi connectivity index (χ4v) is 3.70. The molecule has 0 bridgehead atoms. The number of fused-ring (bicyclic) bond motifs is 1. The van der Waals surface area contributed by atoms with E-state index in [9.17, 15) is 13.6 Å². The van der Waals surface area contributed by atoms with Crippen LogP contribution in [0.5, 0.6) is 0 Å². The Morgan fingerprint density at radius 2 is 1.97 bits per heavy atom. The molecule has 0 saturated carbocycles. The van der Waals surface area contributed by atoms with E-state index in [0.29, 0.717) is 33.7 Å². The largest absolute Gasteiger partial charge is 0.383 e. The van der Waals surface area contributed by atoms with Crippen molar-refractivity contribution in [3.05, 3.63) is 78.8 Å². The molecule has 0 unspecified atom stereocenters. The van der Waals surface area contributed by atoms with Gasteiger partial charge in [-0.25, -0.2) is 18.7 Å². The standard InChI is InChI=1S/C26H24F2N6O/c1-3-4-8-21(27)22(28)15-34-24-9-10-30-14-23(24)33-26(34)20-12-18(13-31-25(20)29)17-6-5-7-19(11-17)32-16(2)35/h3-7,9-14H,8,15H2,1-2H3,(H2,29,31)(H,32,35)/b4-3-,22-21-. The van der Waals surface area contributed by atoms with Crippen LogP contribution < -0.4 is 11.1 Å². The monoisotopic (exact) mass is 474 g/mol. The highest BCUT2D eigenvalue weighted by Crippen LogP contribution is 2.33. The molecule has 0 spiro atoms. The van der Waals surface area contributed by atoms with E-state index in [4.69, 9.17) is 5.73 Å². The number of nitrogens with zero attached hydrogens (tertiary/aromatic N) is 4. The molecule has 7 nitrogen and oxygen atoms in total. The minimum Gasteiger partial charge on any atom is -0.383 e. The highest BCUT2D eigenvalue weighted by Gasteiger charge is 2.19. The average molecular weight is 475 g/mol. The fraction of sp³-hybridized carbons (Fsp3) is 0.154. The predicted octanol–water partition coefficient (Wildman–Crippen LogP) is 5.82. The number of nitrogens with two attached hydrogens (primary N) is 1. The second-order valence-electron chi connectivity index (χ2n) is 7.89. The van der Waals surface area contributed by atoms with Gasteiger partial charge in [-0.2, -0.15) is 0 Å². The maximum atomic E-state index is 14.8. The van der Waals surface area contributed by atoms with E-state index in [0.717, 1.165) is 5.56 Å². The van der Waals surface area contributed by atoms with E-state index in [2.05, 4.69) is 20.3 Å². The molecule has 178 valence electrons. The van der Waals surface area contributed by atoms with Crippen molar-refractivity contribution in [2.45, 2.75) is 26.8 Å². The molecule has 3 aromatic heterocycles. The Morgan fingerprint density at radius 3 is 2.74 bits per heavy atom. The summed E-state index contributed by atoms with van der Waals surface area (Å²) in [5.41, 5.74) is 9.92. The molecule has 9 heteroatoms. The molecule has 0 radical (unpaired) electrons. The third-order valence-corrected chi connectivity index (χ3v) is 5.35. The lowest BCUT2D eigenvalue weighted by Crippen LogP contribution is -2.06. The van der Waals surface area contributed by atoms with Crippen molar-refractivity contribution in [3.63, 3.8) is 0 Å². The van der Waals surface area contributed by atoms with Crippen molar-refractivity contribution in [1.82, 2.24) is 19.5 Å². The maximum Gasteiger partial charge on any atom is 0.221 e. The number of pyridine rings is 2. The van der Waals surface area contributed by atoms with Crippen LogP contribution >= 0.6 is 0 Å². The number of aromatic nitrogens is 4. The van der Waals surface area contributed by atoms with Crippen molar-refractivity contribution < 1.29 is 13.6 Å². The molecular formula is C26H24F2N6O. The van der Waals surface area contributed by atoms with Gasteiger partial charge in [0.25, 0.3) is 0 Å². The summed E-state index contributed by atoms with van der Waals surface area (Å²) >= 11 is 0. The quantitative estimate of drug-likeness (QED) is 0.329. The van der Waals surface area contributed by atoms with Crippen molar-refractivity contribution in [1.29, 1.82) is 0 Å². The zero-order valence-corrected chi connectivity index (χ0v) is 19.3. The topological polar surface area (TPSA) is 98.7 Å². The van der Waals surface area contributed by atoms with Gasteiger partial charge in [-0.3, -0.25) is 9.78 Å². The van der Waals surface area contributed by atoms with Gasteiger partial charge >= 0.3 is 0 Å². The fourth-order valence-electron chi connectivity index (χ4n) is 3.70. The first-order valence-electron chi connectivity index (χ1n) is 11.0. The van der Waals surface area contributed by atoms with Crippen molar-refractivity contribution >= 4 is 28.4 Å². The Hall–Kier alpha value is -4.40. The van der Waals surface area contributed by atoms with Gasteiger partial charge in [-0.15, -0.1) is 0 Å². The van der Waals surface area contributed by atoms with E-state index in [1.54, 1.807) is 60.4 Å². The van der Waals surface area contributed by atoms with Gasteiger partial charge in [-0.1, -0.05) is 24.3 Å². The van der Waals surface area contributed by atoms with Gasteiger partial charge in [0, 0.05) is 37.0 Å². The highest BCUT2D eigenvalue weighted by molar-refractivity contribution is 5.90. The third-order valence-electron chi connectivity index (χ3n) is 5.35. The van der Waals surface area contributed by atoms with Gasteiger partial charge in [0.05, 0.1) is 23.8 Å². The molecule has 35 heavy (non-hydrogen) atoms. The number of carbonyl (C=O) groups excluding carboxylic acids is 1. The number of amides is 1. The number of rotatable bonds is 7. The van der Waals surface area contributed by atoms with Crippen LogP contribution in [0, 0.1) is 0 Å². The van der Waals surface area contributed by atoms with Gasteiger partial charge in [0.15, 0.2) is 5.83 Å². The summed E-state index contributed by atoms with van der Waals surface area (Å²) in [5, 5.41) is 2.75. The SMILES string of the molecule is C/C=C\C/C(F)=C(/F)Cn1c(-c2cc(-c3cccc(NC(C)=O)c3)cnc2N)nc2cnccc21. The van der Waals surface area contributed by atoms with E-state index in [1.165, 1.54) is 6.92 Å². The predicted molar refractivity (Wildman–Crippen MR) is 134 cm³/mol. The van der Waals surface area contributed by atoms with E-state index < -0.39 is 11.7 Å². The van der Waals surface area contributed by atoms with Crippen LogP contribution in [0.4, 0.5) is 20.3 Å². The molecule has 0 aliphatic carbocycles. The molecule has 3 N–H and O–H groups in total. The highest BCUT2D eigenvalue weighted by atomic mass is 19.2. The molecule has 1 aromatic carbocycles. The second kappa shape index (κ2) is 10.3. The zero-order valence-electron chi connectivity index (χ0n) is 19.3. The van der Waals surface area contributed by atoms with Gasteiger partial charge in [-0.05, 0) is 36.8 Å². The summed E-state index contributed by atoms with van der Waals surface area (Å²) in [6.07, 6.45) is 7.81. The Balaban J connectivity index is 1.83. The lowest BCUT2D eigenvalue weighted by molar-refractivity contribution is -0.114. The molecule has 0 atom stereocenters. The number of halogens is 2. The number of hydrogen-bond donors (Lipinski definition) is 2. The number of benzene rings is 1. The van der Waals surface area contributed by atoms with Crippen LogP contribution in [0.3, 0.4) is 0 Å². The van der Waals surface area contributed by atoms with Gasteiger partial charge < -0.3 is 15.6 Å². The van der Waals surface area contributed by atoms with Crippen LogP contribution in [-0.2, 0) is 11.3 Å². The molecule has 4 aromatic rings. The molecule has 3 heterocycles. The first-order valence-corrected chi connectivity index (χ1v) is 11.0. The maximum absolute atomic E-state index is 14.8. The first kappa shape index (κ1) is 23.7. The summed E-state index contributed by atoms with van der Waals surface area (Å²) in [6.45, 7) is 2.82. The van der Waals surface area contributed by atoms with Crippen LogP contribution in [0.1, 0.15) is 20.3 Å². The van der Waals surface area contributed by atoms with Crippen LogP contribution in [0.25, 0.3) is 33.5 Å². The number of nitrogen functional groups attached to an aromatic ring is 1. The molecule has 1 amide bonds. The number of nitrogens with one attached hydrogen (secondary N) is 1. The van der Waals surface area contributed by atoms with E-state index >= 15 is 0 Å². The summed E-state index contributed by atoms with van der Waals surface area (Å²) in [5.74, 6) is -1.40. The third kappa shape index (κ3) is 5.24. The van der Waals surface area contributed by atoms with Crippen molar-refractivity contribution in [3.8, 4) is 22.5 Å². The summed E-state index contributed by atoms with van der Waals surface area (Å²) in [4.78, 5) is 24.5. The summed E-state index contributed by atoms with van der Waals surface area (Å²) in [7, 11) is 0. The summed E-state index contributed by atoms with van der Waals surface area (Å²) < 4.78 is 30.7. The number of allylic oxidation sites excluding steroid dienone is 4. The molecule has 0 aliphatic heterocycles. The van der Waals surface area contributed by atoms with Gasteiger partial charge in [0.2, 0.25) is 5.91 Å². The molecular weight excluding hydrogens is 450 g/mol. The minimum absolute atomic E-state index is 0.129. The number of hydrogen-bond acceptors (Lipinski definition) is 5. The van der Waals surface area contributed by atoms with Crippen molar-refractivity contribution in [2.75, 3.05) is 11.1 Å². The normalized spacial score (nSPS) is 12.2. The Morgan fingerprint density at radius 1 is 1.14 bits per heavy atom. The van der Waals surface area contributed by atoms with Crippen LogP contribution in [0.15, 0.2) is 78.8 Å². The smallest absolute Gasteiger partial charge is 0.221 e.